The molecule has 31 heavy (non-hydrogen) atoms. The topological polar surface area (TPSA) is 250 Å². The van der Waals surface area contributed by atoms with Crippen LogP contribution in [0.15, 0.2) is 4.99 Å². The maximum absolute atomic E-state index is 11.9. The van der Waals surface area contributed by atoms with Gasteiger partial charge in [0.2, 0.25) is 11.8 Å². The fourth-order valence-electron chi connectivity index (χ4n) is 2.36. The van der Waals surface area contributed by atoms with Crippen molar-refractivity contribution in [3.8, 4) is 0 Å². The van der Waals surface area contributed by atoms with Crippen LogP contribution in [-0.2, 0) is 33.6 Å². The van der Waals surface area contributed by atoms with Gasteiger partial charge < -0.3 is 37.8 Å². The average molecular weight is 443 g/mol. The number of aliphatic imine (C=N–C) groups is 1. The predicted molar refractivity (Wildman–Crippen MR) is 102 cm³/mol. The number of carboxylic acids is 1. The molecule has 0 saturated carbocycles. The molecule has 1 fully saturated rings. The molecule has 0 aromatic carbocycles. The number of carbonyl (C=O) groups excluding carboxylic acids is 5. The minimum absolute atomic E-state index is 0.0924. The van der Waals surface area contributed by atoms with Crippen molar-refractivity contribution in [2.75, 3.05) is 13.1 Å². The second-order valence-electron chi connectivity index (χ2n) is 6.48. The molecule has 0 aromatic heterocycles. The third-order valence-corrected chi connectivity index (χ3v) is 3.93. The number of nitrogens with zero attached hydrogens (tertiary/aromatic N) is 2. The van der Waals surface area contributed by atoms with Crippen molar-refractivity contribution >= 4 is 41.5 Å². The minimum atomic E-state index is -1.71. The number of guanidine groups is 1. The second kappa shape index (κ2) is 12.1. The Morgan fingerprint density at radius 1 is 1.16 bits per heavy atom. The van der Waals surface area contributed by atoms with Gasteiger partial charge in [0.25, 0.3) is 11.8 Å². The van der Waals surface area contributed by atoms with Gasteiger partial charge in [-0.3, -0.25) is 24.2 Å². The van der Waals surface area contributed by atoms with Crippen LogP contribution in [0.2, 0.25) is 0 Å². The van der Waals surface area contributed by atoms with E-state index < -0.39 is 60.6 Å². The Hall–Kier alpha value is -3.75. The first-order valence-corrected chi connectivity index (χ1v) is 9.18. The van der Waals surface area contributed by atoms with E-state index in [1.54, 1.807) is 0 Å². The molecular weight excluding hydrogens is 418 g/mol. The van der Waals surface area contributed by atoms with Crippen LogP contribution in [-0.4, -0.2) is 76.9 Å². The van der Waals surface area contributed by atoms with Crippen molar-refractivity contribution < 1.29 is 38.7 Å². The molecule has 0 aliphatic carbocycles. The van der Waals surface area contributed by atoms with Crippen LogP contribution in [0.1, 0.15) is 32.1 Å². The Balaban J connectivity index is 2.44. The van der Waals surface area contributed by atoms with Gasteiger partial charge in [-0.05, 0) is 12.8 Å². The number of hydrogen-bond donors (Lipinski definition) is 6. The average Bonchev–Trinajstić information content (AvgIpc) is 3.00. The van der Waals surface area contributed by atoms with E-state index in [0.29, 0.717) is 6.42 Å². The highest BCUT2D eigenvalue weighted by Crippen LogP contribution is 2.13. The maximum Gasteiger partial charge on any atom is 0.335 e. The fourth-order valence-corrected chi connectivity index (χ4v) is 2.36. The lowest BCUT2D eigenvalue weighted by atomic mass is 10.1. The molecule has 4 amide bonds. The van der Waals surface area contributed by atoms with Crippen molar-refractivity contribution in [2.45, 2.75) is 44.2 Å². The van der Waals surface area contributed by atoms with E-state index >= 15 is 0 Å². The van der Waals surface area contributed by atoms with Crippen molar-refractivity contribution in [2.24, 2.45) is 22.2 Å². The number of aliphatic carboxylic acids is 1. The Labute approximate surface area is 176 Å². The molecule has 1 rings (SSSR count). The first kappa shape index (κ1) is 25.3. The number of amides is 4. The highest BCUT2D eigenvalue weighted by Gasteiger charge is 2.34. The molecule has 15 heteroatoms. The number of hydrogen-bond acceptors (Lipinski definition) is 9. The molecule has 1 heterocycles. The molecule has 9 N–H and O–H groups in total. The summed E-state index contributed by atoms with van der Waals surface area (Å²) in [5.41, 5.74) is 16.0. The van der Waals surface area contributed by atoms with Crippen LogP contribution < -0.4 is 27.8 Å². The van der Waals surface area contributed by atoms with Crippen LogP contribution >= 0.6 is 0 Å². The number of carboxylic acid groups (broad SMARTS) is 1. The van der Waals surface area contributed by atoms with Crippen LogP contribution in [0.25, 0.3) is 0 Å². The molecule has 0 radical (unpaired) electrons. The third-order valence-electron chi connectivity index (χ3n) is 3.93. The monoisotopic (exact) mass is 443 g/mol. The molecule has 0 bridgehead atoms. The summed E-state index contributed by atoms with van der Waals surface area (Å²) in [6.07, 6.45) is -0.440. The minimum Gasteiger partial charge on any atom is -0.480 e. The fraction of sp³-hybridized carbons (Fsp3) is 0.562. The Morgan fingerprint density at radius 2 is 1.77 bits per heavy atom. The molecule has 1 saturated heterocycles. The highest BCUT2D eigenvalue weighted by atomic mass is 16.7. The van der Waals surface area contributed by atoms with Crippen molar-refractivity contribution in [3.63, 3.8) is 0 Å². The van der Waals surface area contributed by atoms with Crippen molar-refractivity contribution in [1.29, 1.82) is 0 Å². The molecule has 0 aromatic rings. The lowest BCUT2D eigenvalue weighted by Crippen LogP contribution is -2.49. The van der Waals surface area contributed by atoms with Gasteiger partial charge in [-0.25, -0.2) is 9.59 Å². The summed E-state index contributed by atoms with van der Waals surface area (Å²) >= 11 is 0. The molecule has 0 spiro atoms. The Morgan fingerprint density at radius 3 is 2.32 bits per heavy atom. The van der Waals surface area contributed by atoms with Crippen LogP contribution in [0.4, 0.5) is 0 Å². The van der Waals surface area contributed by atoms with E-state index in [0.717, 1.165) is 0 Å². The zero-order valence-electron chi connectivity index (χ0n) is 16.5. The predicted octanol–water partition coefficient (Wildman–Crippen LogP) is -3.95. The molecule has 2 unspecified atom stereocenters. The van der Waals surface area contributed by atoms with Gasteiger partial charge >= 0.3 is 11.9 Å². The van der Waals surface area contributed by atoms with Gasteiger partial charge in [0.1, 0.15) is 6.04 Å². The van der Waals surface area contributed by atoms with E-state index in [4.69, 9.17) is 22.3 Å². The number of imide groups is 1. The quantitative estimate of drug-likeness (QED) is 0.0734. The van der Waals surface area contributed by atoms with E-state index in [1.165, 1.54) is 0 Å². The van der Waals surface area contributed by atoms with Crippen molar-refractivity contribution in [3.05, 3.63) is 0 Å². The van der Waals surface area contributed by atoms with E-state index in [9.17, 15) is 28.8 Å². The van der Waals surface area contributed by atoms with E-state index in [-0.39, 0.29) is 36.8 Å². The summed E-state index contributed by atoms with van der Waals surface area (Å²) in [5, 5.41) is 13.7. The molecule has 2 atom stereocenters. The summed E-state index contributed by atoms with van der Waals surface area (Å²) in [6, 6.07) is -2.65. The first-order chi connectivity index (χ1) is 14.5. The molecular formula is C16H25N7O8. The third kappa shape index (κ3) is 9.07. The number of rotatable bonds is 12. The number of hydroxylamine groups is 2. The molecule has 1 aliphatic heterocycles. The molecule has 1 aliphatic rings. The lowest BCUT2D eigenvalue weighted by Gasteiger charge is -2.17. The number of carbonyl (C=O) groups is 6. The number of nitrogens with two attached hydrogens (primary N) is 3. The molecule has 15 nitrogen and oxygen atoms in total. The Bertz CT molecular complexity index is 749. The first-order valence-electron chi connectivity index (χ1n) is 9.18. The lowest BCUT2D eigenvalue weighted by molar-refractivity contribution is -0.198. The van der Waals surface area contributed by atoms with Gasteiger partial charge in [-0.15, -0.1) is 5.06 Å². The van der Waals surface area contributed by atoms with E-state index in [1.807, 2.05) is 5.32 Å². The summed E-state index contributed by atoms with van der Waals surface area (Å²) < 4.78 is 0. The standard InChI is InChI=1S/C16H25N7O8/c17-8(2-1-5-20-16(18)19)14(28)21-7-10(24)22-9(15(29)30)6-13(27)31-23-11(25)3-4-12(23)26/h8-9H,1-7,17H2,(H,21,28)(H,22,24)(H,29,30)(H4,18,19,20). The summed E-state index contributed by atoms with van der Waals surface area (Å²) in [4.78, 5) is 78.0. The van der Waals surface area contributed by atoms with Gasteiger partial charge in [0.05, 0.1) is 19.0 Å². The van der Waals surface area contributed by atoms with Gasteiger partial charge in [0, 0.05) is 19.4 Å². The number of nitrogens with one attached hydrogen (secondary N) is 2. The van der Waals surface area contributed by atoms with Gasteiger partial charge in [0.15, 0.2) is 5.96 Å². The van der Waals surface area contributed by atoms with Gasteiger partial charge in [-0.2, -0.15) is 0 Å². The second-order valence-corrected chi connectivity index (χ2v) is 6.48. The Kier molecular flexibility index (Phi) is 9.84. The zero-order valence-corrected chi connectivity index (χ0v) is 16.5. The van der Waals surface area contributed by atoms with Gasteiger partial charge in [-0.1, -0.05) is 0 Å². The van der Waals surface area contributed by atoms with Crippen LogP contribution in [0.3, 0.4) is 0 Å². The van der Waals surface area contributed by atoms with Crippen molar-refractivity contribution in [1.82, 2.24) is 15.7 Å². The largest absolute Gasteiger partial charge is 0.480 e. The van der Waals surface area contributed by atoms with Crippen LogP contribution in [0, 0.1) is 0 Å². The zero-order chi connectivity index (χ0) is 23.6. The summed E-state index contributed by atoms with van der Waals surface area (Å²) in [7, 11) is 0. The smallest absolute Gasteiger partial charge is 0.335 e. The maximum atomic E-state index is 11.9. The van der Waals surface area contributed by atoms with Crippen LogP contribution in [0.5, 0.6) is 0 Å². The normalized spacial score (nSPS) is 15.1. The van der Waals surface area contributed by atoms with E-state index in [2.05, 4.69) is 15.1 Å². The summed E-state index contributed by atoms with van der Waals surface area (Å²) in [5.74, 6) is -5.88. The summed E-state index contributed by atoms with van der Waals surface area (Å²) in [6.45, 7) is -0.322. The highest BCUT2D eigenvalue weighted by molar-refractivity contribution is 6.01. The molecule has 172 valence electrons. The SMILES string of the molecule is NC(N)=NCCCC(N)C(=O)NCC(=O)NC(CC(=O)ON1C(=O)CCC1=O)C(=O)O.